The largest absolute Gasteiger partial charge is 0.493 e. The summed E-state index contributed by atoms with van der Waals surface area (Å²) in [6, 6.07) is 1.63. The number of hydrogen-bond donors (Lipinski definition) is 0. The highest BCUT2D eigenvalue weighted by atomic mass is 16.6. The number of ether oxygens (including phenoxy) is 4. The lowest BCUT2D eigenvalue weighted by atomic mass is 10.1. The molecule has 1 aromatic carbocycles. The summed E-state index contributed by atoms with van der Waals surface area (Å²) in [6.07, 6.45) is 0.193. The first kappa shape index (κ1) is 10.6. The molecule has 0 atom stereocenters. The molecule has 0 bridgehead atoms. The lowest BCUT2D eigenvalue weighted by Crippen LogP contribution is -2.00. The molecule has 16 heavy (non-hydrogen) atoms. The lowest BCUT2D eigenvalue weighted by molar-refractivity contribution is -0.131. The van der Waals surface area contributed by atoms with Crippen LogP contribution in [0.1, 0.15) is 5.56 Å². The van der Waals surface area contributed by atoms with Gasteiger partial charge in [0.15, 0.2) is 11.5 Å². The van der Waals surface area contributed by atoms with Crippen LogP contribution in [-0.4, -0.2) is 27.3 Å². The van der Waals surface area contributed by atoms with E-state index in [0.29, 0.717) is 28.6 Å². The minimum Gasteiger partial charge on any atom is -0.493 e. The average molecular weight is 224 g/mol. The van der Waals surface area contributed by atoms with Crippen LogP contribution in [0, 0.1) is 0 Å². The van der Waals surface area contributed by atoms with Gasteiger partial charge in [-0.05, 0) is 0 Å². The molecule has 2 rings (SSSR count). The van der Waals surface area contributed by atoms with Gasteiger partial charge >= 0.3 is 5.97 Å². The van der Waals surface area contributed by atoms with E-state index in [-0.39, 0.29) is 12.4 Å². The fraction of sp³-hybridized carbons (Fsp3) is 0.364. The summed E-state index contributed by atoms with van der Waals surface area (Å²) in [5.74, 6) is 1.61. The number of esters is 1. The Morgan fingerprint density at radius 2 is 1.81 bits per heavy atom. The van der Waals surface area contributed by atoms with Gasteiger partial charge in [0.05, 0.1) is 33.3 Å². The van der Waals surface area contributed by atoms with Crippen LogP contribution in [0.5, 0.6) is 23.0 Å². The molecule has 0 unspecified atom stereocenters. The average Bonchev–Trinajstić information content (AvgIpc) is 2.66. The van der Waals surface area contributed by atoms with Crippen LogP contribution in [0.2, 0.25) is 0 Å². The van der Waals surface area contributed by atoms with Crippen molar-refractivity contribution in [2.75, 3.05) is 21.3 Å². The van der Waals surface area contributed by atoms with Crippen LogP contribution in [0.4, 0.5) is 0 Å². The minimum absolute atomic E-state index is 0.193. The van der Waals surface area contributed by atoms with Gasteiger partial charge in [-0.1, -0.05) is 0 Å². The minimum atomic E-state index is -0.302. The molecule has 5 heteroatoms. The van der Waals surface area contributed by atoms with Gasteiger partial charge < -0.3 is 18.9 Å². The summed E-state index contributed by atoms with van der Waals surface area (Å²) >= 11 is 0. The number of methoxy groups -OCH3 is 3. The Morgan fingerprint density at radius 3 is 2.38 bits per heavy atom. The highest BCUT2D eigenvalue weighted by molar-refractivity contribution is 5.84. The molecule has 5 nitrogen and oxygen atoms in total. The molecule has 0 aromatic heterocycles. The maximum atomic E-state index is 11.2. The van der Waals surface area contributed by atoms with Crippen molar-refractivity contribution < 1.29 is 23.7 Å². The van der Waals surface area contributed by atoms with E-state index >= 15 is 0 Å². The van der Waals surface area contributed by atoms with Crippen molar-refractivity contribution in [3.05, 3.63) is 11.6 Å². The van der Waals surface area contributed by atoms with Gasteiger partial charge in [0.25, 0.3) is 0 Å². The van der Waals surface area contributed by atoms with Crippen LogP contribution in [0.25, 0.3) is 0 Å². The normalized spacial score (nSPS) is 13.1. The van der Waals surface area contributed by atoms with E-state index in [4.69, 9.17) is 18.9 Å². The molecule has 1 aromatic rings. The van der Waals surface area contributed by atoms with Crippen LogP contribution in [0.15, 0.2) is 6.07 Å². The molecule has 0 radical (unpaired) electrons. The SMILES string of the molecule is COc1cc2c(c(OC)c1OC)CC(=O)O2. The van der Waals surface area contributed by atoms with Gasteiger partial charge in [0.2, 0.25) is 5.75 Å². The van der Waals surface area contributed by atoms with Gasteiger partial charge in [0, 0.05) is 6.07 Å². The molecule has 0 aliphatic carbocycles. The standard InChI is InChI=1S/C11H12O5/c1-13-8-5-7-6(4-9(12)16-7)10(14-2)11(8)15-3/h5H,4H2,1-3H3. The predicted octanol–water partition coefficient (Wildman–Crippen LogP) is 1.17. The summed E-state index contributed by atoms with van der Waals surface area (Å²) in [6.45, 7) is 0. The first-order valence-electron chi connectivity index (χ1n) is 4.73. The second-order valence-electron chi connectivity index (χ2n) is 3.27. The van der Waals surface area contributed by atoms with Gasteiger partial charge in [-0.3, -0.25) is 4.79 Å². The highest BCUT2D eigenvalue weighted by Crippen LogP contribution is 2.47. The van der Waals surface area contributed by atoms with Crippen molar-refractivity contribution in [1.82, 2.24) is 0 Å². The molecule has 0 fully saturated rings. The molecule has 0 amide bonds. The highest BCUT2D eigenvalue weighted by Gasteiger charge is 2.29. The van der Waals surface area contributed by atoms with Crippen molar-refractivity contribution in [3.8, 4) is 23.0 Å². The Balaban J connectivity index is 2.63. The third-order valence-electron chi connectivity index (χ3n) is 2.44. The molecule has 86 valence electrons. The fourth-order valence-electron chi connectivity index (χ4n) is 1.75. The molecule has 1 aliphatic heterocycles. The molecular formula is C11H12O5. The summed E-state index contributed by atoms with van der Waals surface area (Å²) in [4.78, 5) is 11.2. The predicted molar refractivity (Wildman–Crippen MR) is 55.4 cm³/mol. The summed E-state index contributed by atoms with van der Waals surface area (Å²) in [5, 5.41) is 0. The van der Waals surface area contributed by atoms with Gasteiger partial charge in [0.1, 0.15) is 5.75 Å². The molecular weight excluding hydrogens is 212 g/mol. The van der Waals surface area contributed by atoms with Crippen molar-refractivity contribution in [2.45, 2.75) is 6.42 Å². The van der Waals surface area contributed by atoms with Crippen molar-refractivity contribution >= 4 is 5.97 Å². The van der Waals surface area contributed by atoms with Crippen molar-refractivity contribution in [2.24, 2.45) is 0 Å². The maximum Gasteiger partial charge on any atom is 0.315 e. The van der Waals surface area contributed by atoms with E-state index in [2.05, 4.69) is 0 Å². The van der Waals surface area contributed by atoms with Gasteiger partial charge in [-0.25, -0.2) is 0 Å². The summed E-state index contributed by atoms with van der Waals surface area (Å²) in [5.41, 5.74) is 0.699. The number of hydrogen-bond acceptors (Lipinski definition) is 5. The lowest BCUT2D eigenvalue weighted by Gasteiger charge is -2.14. The zero-order chi connectivity index (χ0) is 11.7. The van der Waals surface area contributed by atoms with Crippen LogP contribution >= 0.6 is 0 Å². The first-order chi connectivity index (χ1) is 7.71. The van der Waals surface area contributed by atoms with E-state index in [1.54, 1.807) is 6.07 Å². The summed E-state index contributed by atoms with van der Waals surface area (Å²) in [7, 11) is 4.55. The quantitative estimate of drug-likeness (QED) is 0.570. The second-order valence-corrected chi connectivity index (χ2v) is 3.27. The molecule has 1 aliphatic rings. The second kappa shape index (κ2) is 3.92. The molecule has 1 heterocycles. The number of fused-ring (bicyclic) bond motifs is 1. The van der Waals surface area contributed by atoms with E-state index in [1.165, 1.54) is 21.3 Å². The van der Waals surface area contributed by atoms with Crippen LogP contribution in [0.3, 0.4) is 0 Å². The molecule has 0 spiro atoms. The maximum absolute atomic E-state index is 11.2. The first-order valence-corrected chi connectivity index (χ1v) is 4.73. The third-order valence-corrected chi connectivity index (χ3v) is 2.44. The zero-order valence-corrected chi connectivity index (χ0v) is 9.33. The van der Waals surface area contributed by atoms with Gasteiger partial charge in [-0.2, -0.15) is 0 Å². The van der Waals surface area contributed by atoms with E-state index in [9.17, 15) is 4.79 Å². The Kier molecular flexibility index (Phi) is 2.60. The Morgan fingerprint density at radius 1 is 1.12 bits per heavy atom. The smallest absolute Gasteiger partial charge is 0.315 e. The fourth-order valence-corrected chi connectivity index (χ4v) is 1.75. The zero-order valence-electron chi connectivity index (χ0n) is 9.33. The van der Waals surface area contributed by atoms with Crippen molar-refractivity contribution in [1.29, 1.82) is 0 Å². The van der Waals surface area contributed by atoms with E-state index < -0.39 is 0 Å². The van der Waals surface area contributed by atoms with Gasteiger partial charge in [-0.15, -0.1) is 0 Å². The van der Waals surface area contributed by atoms with Crippen molar-refractivity contribution in [3.63, 3.8) is 0 Å². The monoisotopic (exact) mass is 224 g/mol. The summed E-state index contributed by atoms with van der Waals surface area (Å²) < 4.78 is 20.6. The molecule has 0 saturated heterocycles. The Labute approximate surface area is 92.9 Å². The van der Waals surface area contributed by atoms with E-state index in [0.717, 1.165) is 0 Å². The third kappa shape index (κ3) is 1.44. The van der Waals surface area contributed by atoms with E-state index in [1.807, 2.05) is 0 Å². The number of carbonyl (C=O) groups excluding carboxylic acids is 1. The molecule has 0 saturated carbocycles. The Hall–Kier alpha value is -1.91. The number of carbonyl (C=O) groups is 1. The topological polar surface area (TPSA) is 54.0 Å². The Bertz CT molecular complexity index is 438. The molecule has 0 N–H and O–H groups in total. The van der Waals surface area contributed by atoms with Crippen LogP contribution < -0.4 is 18.9 Å². The van der Waals surface area contributed by atoms with Crippen LogP contribution in [-0.2, 0) is 11.2 Å². The number of benzene rings is 1. The number of rotatable bonds is 3.